The van der Waals surface area contributed by atoms with E-state index in [4.69, 9.17) is 4.74 Å². The summed E-state index contributed by atoms with van der Waals surface area (Å²) in [5.74, 6) is 1.89. The first-order valence-corrected chi connectivity index (χ1v) is 7.69. The van der Waals surface area contributed by atoms with Crippen molar-refractivity contribution in [3.63, 3.8) is 0 Å². The molecule has 2 rings (SSSR count). The lowest BCUT2D eigenvalue weighted by Crippen LogP contribution is -2.19. The van der Waals surface area contributed by atoms with E-state index in [1.165, 1.54) is 37.7 Å². The average Bonchev–Trinajstić information content (AvgIpc) is 2.58. The zero-order valence-electron chi connectivity index (χ0n) is 12.5. The summed E-state index contributed by atoms with van der Waals surface area (Å²) in [5.41, 5.74) is 2.41. The number of nitrogens with one attached hydrogen (secondary N) is 1. The van der Waals surface area contributed by atoms with Crippen LogP contribution in [-0.4, -0.2) is 12.6 Å². The van der Waals surface area contributed by atoms with Gasteiger partial charge >= 0.3 is 0 Å². The Labute approximate surface area is 117 Å². The highest BCUT2D eigenvalue weighted by Crippen LogP contribution is 2.30. The monoisotopic (exact) mass is 261 g/mol. The highest BCUT2D eigenvalue weighted by atomic mass is 16.5. The van der Waals surface area contributed by atoms with Crippen molar-refractivity contribution in [2.75, 3.05) is 11.9 Å². The summed E-state index contributed by atoms with van der Waals surface area (Å²) in [7, 11) is 0. The highest BCUT2D eigenvalue weighted by molar-refractivity contribution is 5.58. The van der Waals surface area contributed by atoms with Gasteiger partial charge in [0, 0.05) is 6.04 Å². The Morgan fingerprint density at radius 1 is 1.21 bits per heavy atom. The van der Waals surface area contributed by atoms with Gasteiger partial charge in [-0.05, 0) is 56.7 Å². The quantitative estimate of drug-likeness (QED) is 0.788. The Balaban J connectivity index is 2.05. The lowest BCUT2D eigenvalue weighted by molar-refractivity contribution is 0.341. The summed E-state index contributed by atoms with van der Waals surface area (Å²) in [6, 6.07) is 7.05. The van der Waals surface area contributed by atoms with Gasteiger partial charge in [0.25, 0.3) is 0 Å². The fourth-order valence-corrected chi connectivity index (χ4v) is 2.88. The molecule has 0 heterocycles. The van der Waals surface area contributed by atoms with Gasteiger partial charge in [-0.25, -0.2) is 0 Å². The number of benzene rings is 1. The van der Waals surface area contributed by atoms with Crippen LogP contribution in [0.1, 0.15) is 51.5 Å². The van der Waals surface area contributed by atoms with E-state index < -0.39 is 0 Å². The van der Waals surface area contributed by atoms with Gasteiger partial charge in [0.15, 0.2) is 0 Å². The number of ether oxygens (including phenoxy) is 1. The van der Waals surface area contributed by atoms with Gasteiger partial charge < -0.3 is 10.1 Å². The van der Waals surface area contributed by atoms with Crippen LogP contribution in [0.15, 0.2) is 18.2 Å². The highest BCUT2D eigenvalue weighted by Gasteiger charge is 2.17. The molecule has 1 saturated carbocycles. The minimum absolute atomic E-state index is 0.604. The second kappa shape index (κ2) is 6.83. The van der Waals surface area contributed by atoms with Crippen LogP contribution in [-0.2, 0) is 0 Å². The Morgan fingerprint density at radius 2 is 2.05 bits per heavy atom. The smallest absolute Gasteiger partial charge is 0.142 e. The SMILES string of the molecule is CCOc1cc(C)ccc1NC1CCCC(C)CC1. The van der Waals surface area contributed by atoms with Crippen LogP contribution in [0, 0.1) is 12.8 Å². The maximum absolute atomic E-state index is 5.75. The van der Waals surface area contributed by atoms with Gasteiger partial charge in [0.2, 0.25) is 0 Å². The standard InChI is InChI=1S/C17H27NO/c1-4-19-17-12-14(3)9-11-16(17)18-15-7-5-6-13(2)8-10-15/h9,11-13,15,18H,4-8,10H2,1-3H3. The van der Waals surface area contributed by atoms with Crippen LogP contribution in [0.25, 0.3) is 0 Å². The Morgan fingerprint density at radius 3 is 2.84 bits per heavy atom. The molecule has 2 unspecified atom stereocenters. The summed E-state index contributed by atoms with van der Waals surface area (Å²) in [4.78, 5) is 0. The topological polar surface area (TPSA) is 21.3 Å². The maximum Gasteiger partial charge on any atom is 0.142 e. The largest absolute Gasteiger partial charge is 0.492 e. The van der Waals surface area contributed by atoms with E-state index in [9.17, 15) is 0 Å². The van der Waals surface area contributed by atoms with Gasteiger partial charge in [0.05, 0.1) is 12.3 Å². The third-order valence-electron chi connectivity index (χ3n) is 4.05. The molecular formula is C17H27NO. The molecule has 1 fully saturated rings. The van der Waals surface area contributed by atoms with Crippen LogP contribution in [0.3, 0.4) is 0 Å². The molecular weight excluding hydrogens is 234 g/mol. The van der Waals surface area contributed by atoms with E-state index in [0.717, 1.165) is 24.0 Å². The fourth-order valence-electron chi connectivity index (χ4n) is 2.88. The molecule has 0 amide bonds. The fraction of sp³-hybridized carbons (Fsp3) is 0.647. The van der Waals surface area contributed by atoms with Crippen LogP contribution in [0.5, 0.6) is 5.75 Å². The zero-order chi connectivity index (χ0) is 13.7. The van der Waals surface area contributed by atoms with Crippen LogP contribution in [0.2, 0.25) is 0 Å². The molecule has 1 aliphatic rings. The summed E-state index contributed by atoms with van der Waals surface area (Å²) in [5, 5.41) is 3.70. The summed E-state index contributed by atoms with van der Waals surface area (Å²) >= 11 is 0. The van der Waals surface area contributed by atoms with E-state index >= 15 is 0 Å². The summed E-state index contributed by atoms with van der Waals surface area (Å²) < 4.78 is 5.75. The second-order valence-electron chi connectivity index (χ2n) is 5.89. The van der Waals surface area contributed by atoms with Gasteiger partial charge in [-0.1, -0.05) is 25.8 Å². The summed E-state index contributed by atoms with van der Waals surface area (Å²) in [6.45, 7) is 7.25. The molecule has 1 aliphatic carbocycles. The van der Waals surface area contributed by atoms with Crippen molar-refractivity contribution in [2.45, 2.75) is 58.9 Å². The van der Waals surface area contributed by atoms with Gasteiger partial charge in [-0.2, -0.15) is 0 Å². The van der Waals surface area contributed by atoms with Gasteiger partial charge in [-0.3, -0.25) is 0 Å². The van der Waals surface area contributed by atoms with Crippen molar-refractivity contribution in [1.82, 2.24) is 0 Å². The molecule has 19 heavy (non-hydrogen) atoms. The number of hydrogen-bond acceptors (Lipinski definition) is 2. The van der Waals surface area contributed by atoms with Crippen LogP contribution in [0.4, 0.5) is 5.69 Å². The first-order valence-electron chi connectivity index (χ1n) is 7.69. The summed E-state index contributed by atoms with van der Waals surface area (Å²) in [6.07, 6.45) is 6.62. The van der Waals surface area contributed by atoms with E-state index in [-0.39, 0.29) is 0 Å². The molecule has 1 aromatic rings. The van der Waals surface area contributed by atoms with E-state index in [2.05, 4.69) is 37.4 Å². The maximum atomic E-state index is 5.75. The number of anilines is 1. The number of rotatable bonds is 4. The molecule has 0 saturated heterocycles. The molecule has 0 aromatic heterocycles. The van der Waals surface area contributed by atoms with Crippen LogP contribution < -0.4 is 10.1 Å². The Kier molecular flexibility index (Phi) is 5.12. The van der Waals surface area contributed by atoms with Crippen molar-refractivity contribution >= 4 is 5.69 Å². The molecule has 2 heteroatoms. The Hall–Kier alpha value is -1.18. The molecule has 0 spiro atoms. The first-order chi connectivity index (χ1) is 9.19. The van der Waals surface area contributed by atoms with Crippen molar-refractivity contribution in [2.24, 2.45) is 5.92 Å². The molecule has 0 aliphatic heterocycles. The molecule has 2 atom stereocenters. The predicted molar refractivity (Wildman–Crippen MR) is 82.0 cm³/mol. The van der Waals surface area contributed by atoms with Crippen molar-refractivity contribution in [3.05, 3.63) is 23.8 Å². The Bertz CT molecular complexity index is 402. The van der Waals surface area contributed by atoms with Crippen molar-refractivity contribution in [3.8, 4) is 5.75 Å². The average molecular weight is 261 g/mol. The zero-order valence-corrected chi connectivity index (χ0v) is 12.5. The first kappa shape index (κ1) is 14.2. The second-order valence-corrected chi connectivity index (χ2v) is 5.89. The van der Waals surface area contributed by atoms with Crippen LogP contribution >= 0.6 is 0 Å². The molecule has 0 bridgehead atoms. The normalized spacial score (nSPS) is 23.7. The lowest BCUT2D eigenvalue weighted by Gasteiger charge is -2.20. The molecule has 1 aromatic carbocycles. The predicted octanol–water partition coefficient (Wildman–Crippen LogP) is 4.77. The van der Waals surface area contributed by atoms with E-state index in [1.54, 1.807) is 0 Å². The number of aryl methyl sites for hydroxylation is 1. The minimum Gasteiger partial charge on any atom is -0.492 e. The van der Waals surface area contributed by atoms with Gasteiger partial charge in [-0.15, -0.1) is 0 Å². The third kappa shape index (κ3) is 4.15. The van der Waals surface area contributed by atoms with E-state index in [1.807, 2.05) is 6.92 Å². The number of hydrogen-bond donors (Lipinski definition) is 1. The van der Waals surface area contributed by atoms with Crippen molar-refractivity contribution < 1.29 is 4.74 Å². The molecule has 2 nitrogen and oxygen atoms in total. The molecule has 0 radical (unpaired) electrons. The third-order valence-corrected chi connectivity index (χ3v) is 4.05. The lowest BCUT2D eigenvalue weighted by atomic mass is 10.0. The van der Waals surface area contributed by atoms with Gasteiger partial charge in [0.1, 0.15) is 5.75 Å². The van der Waals surface area contributed by atoms with Crippen molar-refractivity contribution in [1.29, 1.82) is 0 Å². The minimum atomic E-state index is 0.604. The molecule has 1 N–H and O–H groups in total. The van der Waals surface area contributed by atoms with E-state index in [0.29, 0.717) is 6.04 Å². The molecule has 106 valence electrons.